The second-order valence-electron chi connectivity index (χ2n) is 3.40. The van der Waals surface area contributed by atoms with Gasteiger partial charge in [-0.2, -0.15) is 4.98 Å². The number of nitrogens with zero attached hydrogens (tertiary/aromatic N) is 2. The van der Waals surface area contributed by atoms with Gasteiger partial charge in [-0.05, 0) is 12.1 Å². The Balaban J connectivity index is 2.38. The number of nitrogens with two attached hydrogens (primary N) is 1. The van der Waals surface area contributed by atoms with Gasteiger partial charge in [-0.25, -0.2) is 13.6 Å². The lowest BCUT2D eigenvalue weighted by molar-refractivity contribution is 0.279. The molecule has 0 unspecified atom stereocenters. The van der Waals surface area contributed by atoms with E-state index < -0.39 is 10.0 Å². The fourth-order valence-corrected chi connectivity index (χ4v) is 3.07. The number of rotatable bonds is 4. The summed E-state index contributed by atoms with van der Waals surface area (Å²) in [6.45, 7) is -0.0969. The van der Waals surface area contributed by atoms with Gasteiger partial charge in [-0.1, -0.05) is 32.7 Å². The average Bonchev–Trinajstić information content (AvgIpc) is 2.78. The molecule has 102 valence electrons. The van der Waals surface area contributed by atoms with E-state index in [0.717, 1.165) is 6.39 Å². The minimum atomic E-state index is -3.97. The summed E-state index contributed by atoms with van der Waals surface area (Å²) in [7, 11) is -3.97. The molecule has 0 spiro atoms. The summed E-state index contributed by atoms with van der Waals surface area (Å²) >= 11 is 9.07. The predicted molar refractivity (Wildman–Crippen MR) is 69.2 cm³/mol. The highest BCUT2D eigenvalue weighted by Crippen LogP contribution is 2.35. The van der Waals surface area contributed by atoms with Gasteiger partial charge >= 0.3 is 0 Å². The number of sulfonamides is 1. The SMILES string of the molecule is NS(=O)(=O)c1cc(Br)cc(Cl)c1OCc1ncon1. The van der Waals surface area contributed by atoms with Crippen molar-refractivity contribution >= 4 is 37.6 Å². The van der Waals surface area contributed by atoms with Gasteiger partial charge in [0.05, 0.1) is 5.02 Å². The second-order valence-corrected chi connectivity index (χ2v) is 6.25. The molecule has 1 heterocycles. The zero-order chi connectivity index (χ0) is 14.0. The van der Waals surface area contributed by atoms with Crippen LogP contribution in [0.2, 0.25) is 5.02 Å². The van der Waals surface area contributed by atoms with E-state index >= 15 is 0 Å². The van der Waals surface area contributed by atoms with Crippen molar-refractivity contribution in [1.29, 1.82) is 0 Å². The third-order valence-electron chi connectivity index (χ3n) is 2.03. The monoisotopic (exact) mass is 367 g/mol. The molecule has 0 aliphatic heterocycles. The molecule has 0 amide bonds. The Morgan fingerprint density at radius 3 is 2.79 bits per heavy atom. The molecule has 0 saturated carbocycles. The maximum Gasteiger partial charge on any atom is 0.241 e. The van der Waals surface area contributed by atoms with Crippen molar-refractivity contribution < 1.29 is 17.7 Å². The first kappa shape index (κ1) is 14.3. The molecule has 19 heavy (non-hydrogen) atoms. The first-order valence-corrected chi connectivity index (χ1v) is 7.49. The molecule has 2 aromatic rings. The van der Waals surface area contributed by atoms with Crippen LogP contribution in [0.25, 0.3) is 0 Å². The zero-order valence-corrected chi connectivity index (χ0v) is 12.4. The molecule has 2 N–H and O–H groups in total. The maximum absolute atomic E-state index is 11.5. The van der Waals surface area contributed by atoms with Gasteiger partial charge in [-0.3, -0.25) is 0 Å². The number of halogens is 2. The lowest BCUT2D eigenvalue weighted by Crippen LogP contribution is -2.14. The van der Waals surface area contributed by atoms with Crippen molar-refractivity contribution in [3.63, 3.8) is 0 Å². The number of benzene rings is 1. The van der Waals surface area contributed by atoms with Crippen LogP contribution in [-0.4, -0.2) is 18.6 Å². The molecule has 10 heteroatoms. The molecular weight excluding hydrogens is 362 g/mol. The molecule has 0 radical (unpaired) electrons. The molecular formula is C9H7BrClN3O4S. The van der Waals surface area contributed by atoms with E-state index in [2.05, 4.69) is 30.6 Å². The number of hydrogen-bond acceptors (Lipinski definition) is 6. The first-order chi connectivity index (χ1) is 8.88. The summed E-state index contributed by atoms with van der Waals surface area (Å²) < 4.78 is 33.3. The summed E-state index contributed by atoms with van der Waals surface area (Å²) in [4.78, 5) is 3.51. The average molecular weight is 369 g/mol. The van der Waals surface area contributed by atoms with Gasteiger partial charge in [0.15, 0.2) is 12.4 Å². The summed E-state index contributed by atoms with van der Waals surface area (Å²) in [6.07, 6.45) is 1.13. The molecule has 0 aliphatic rings. The Hall–Kier alpha value is -1.16. The topological polar surface area (TPSA) is 108 Å². The van der Waals surface area contributed by atoms with Crippen LogP contribution in [0, 0.1) is 0 Å². The van der Waals surface area contributed by atoms with Crippen molar-refractivity contribution in [2.45, 2.75) is 11.5 Å². The van der Waals surface area contributed by atoms with Crippen LogP contribution in [0.5, 0.6) is 5.75 Å². The molecule has 7 nitrogen and oxygen atoms in total. The molecule has 0 atom stereocenters. The van der Waals surface area contributed by atoms with E-state index in [4.69, 9.17) is 21.5 Å². The zero-order valence-electron chi connectivity index (χ0n) is 9.21. The summed E-state index contributed by atoms with van der Waals surface area (Å²) in [6, 6.07) is 2.79. The Kier molecular flexibility index (Phi) is 4.09. The van der Waals surface area contributed by atoms with Crippen LogP contribution in [-0.2, 0) is 16.6 Å². The molecule has 1 aromatic carbocycles. The lowest BCUT2D eigenvalue weighted by Gasteiger charge is -2.11. The molecule has 0 bridgehead atoms. The highest BCUT2D eigenvalue weighted by molar-refractivity contribution is 9.10. The Bertz CT molecular complexity index is 690. The largest absolute Gasteiger partial charge is 0.482 e. The van der Waals surface area contributed by atoms with Crippen LogP contribution in [0.3, 0.4) is 0 Å². The van der Waals surface area contributed by atoms with Crippen molar-refractivity contribution in [3.8, 4) is 5.75 Å². The number of aromatic nitrogens is 2. The Morgan fingerprint density at radius 1 is 1.47 bits per heavy atom. The van der Waals surface area contributed by atoms with Gasteiger partial charge in [0.1, 0.15) is 4.90 Å². The van der Waals surface area contributed by atoms with Crippen molar-refractivity contribution in [3.05, 3.63) is 33.8 Å². The molecule has 0 aliphatic carbocycles. The van der Waals surface area contributed by atoms with E-state index in [1.54, 1.807) is 0 Å². The highest BCUT2D eigenvalue weighted by Gasteiger charge is 2.20. The Labute approximate surface area is 121 Å². The fourth-order valence-electron chi connectivity index (χ4n) is 1.28. The molecule has 2 rings (SSSR count). The normalized spacial score (nSPS) is 11.5. The second kappa shape index (κ2) is 5.45. The van der Waals surface area contributed by atoms with E-state index in [-0.39, 0.29) is 28.1 Å². The molecule has 0 saturated heterocycles. The van der Waals surface area contributed by atoms with Crippen molar-refractivity contribution in [2.75, 3.05) is 0 Å². The van der Waals surface area contributed by atoms with Crippen molar-refractivity contribution in [1.82, 2.24) is 10.1 Å². The highest BCUT2D eigenvalue weighted by atomic mass is 79.9. The van der Waals surface area contributed by atoms with Gasteiger partial charge in [0.2, 0.25) is 22.2 Å². The maximum atomic E-state index is 11.5. The lowest BCUT2D eigenvalue weighted by atomic mass is 10.3. The van der Waals surface area contributed by atoms with Crippen LogP contribution >= 0.6 is 27.5 Å². The number of ether oxygens (including phenoxy) is 1. The third-order valence-corrected chi connectivity index (χ3v) is 3.69. The summed E-state index contributed by atoms with van der Waals surface area (Å²) in [5.74, 6) is 0.191. The van der Waals surface area contributed by atoms with E-state index in [0.29, 0.717) is 4.47 Å². The van der Waals surface area contributed by atoms with Crippen LogP contribution in [0.4, 0.5) is 0 Å². The van der Waals surface area contributed by atoms with Gasteiger partial charge in [-0.15, -0.1) is 0 Å². The molecule has 1 aromatic heterocycles. The van der Waals surface area contributed by atoms with Crippen molar-refractivity contribution in [2.24, 2.45) is 5.14 Å². The summed E-state index contributed by atoms with van der Waals surface area (Å²) in [5, 5.41) is 8.73. The van der Waals surface area contributed by atoms with Crippen LogP contribution < -0.4 is 9.88 Å². The first-order valence-electron chi connectivity index (χ1n) is 4.78. The minimum Gasteiger partial charge on any atom is -0.482 e. The minimum absolute atomic E-state index is 0.0582. The Morgan fingerprint density at radius 2 is 2.21 bits per heavy atom. The van der Waals surface area contributed by atoms with Gasteiger partial charge < -0.3 is 9.26 Å². The predicted octanol–water partition coefficient (Wildman–Crippen LogP) is 1.71. The number of primary sulfonamides is 1. The van der Waals surface area contributed by atoms with E-state index in [9.17, 15) is 8.42 Å². The molecule has 0 fully saturated rings. The standard InChI is InChI=1S/C9H7BrClN3O4S/c10-5-1-6(11)9(7(2-5)19(12,15)16)17-3-8-13-4-18-14-8/h1-2,4H,3H2,(H2,12,15,16). The van der Waals surface area contributed by atoms with E-state index in [1.165, 1.54) is 12.1 Å². The smallest absolute Gasteiger partial charge is 0.241 e. The third kappa shape index (κ3) is 3.44. The number of hydrogen-bond donors (Lipinski definition) is 1. The van der Waals surface area contributed by atoms with Gasteiger partial charge in [0.25, 0.3) is 0 Å². The van der Waals surface area contributed by atoms with E-state index in [1.807, 2.05) is 0 Å². The quantitative estimate of drug-likeness (QED) is 0.880. The summed E-state index contributed by atoms with van der Waals surface area (Å²) in [5.41, 5.74) is 0. The van der Waals surface area contributed by atoms with Crippen LogP contribution in [0.15, 0.2) is 32.4 Å². The fraction of sp³-hybridized carbons (Fsp3) is 0.111. The van der Waals surface area contributed by atoms with Gasteiger partial charge in [0, 0.05) is 4.47 Å². The van der Waals surface area contributed by atoms with Crippen LogP contribution in [0.1, 0.15) is 5.82 Å².